The maximum atomic E-state index is 12.8. The summed E-state index contributed by atoms with van der Waals surface area (Å²) >= 11 is 1.32. The monoisotopic (exact) mass is 371 g/mol. The molecule has 6 heteroatoms. The lowest BCUT2D eigenvalue weighted by atomic mass is 10.1. The number of hydrogen-bond acceptors (Lipinski definition) is 3. The first-order valence-electron chi connectivity index (χ1n) is 9.07. The van der Waals surface area contributed by atoms with Crippen molar-refractivity contribution in [1.82, 2.24) is 4.90 Å². The van der Waals surface area contributed by atoms with Crippen LogP contribution in [-0.4, -0.2) is 29.4 Å². The molecular weight excluding hydrogens is 346 g/mol. The summed E-state index contributed by atoms with van der Waals surface area (Å²) in [5.74, 6) is 0.654. The molecule has 0 aliphatic heterocycles. The summed E-state index contributed by atoms with van der Waals surface area (Å²) in [6.45, 7) is 5.15. The van der Waals surface area contributed by atoms with Crippen molar-refractivity contribution in [1.29, 1.82) is 0 Å². The molecular formula is C20H25N3O2S. The van der Waals surface area contributed by atoms with Crippen LogP contribution in [0, 0.1) is 5.92 Å². The third kappa shape index (κ3) is 5.08. The van der Waals surface area contributed by atoms with Crippen LogP contribution in [0.25, 0.3) is 0 Å². The molecule has 2 N–H and O–H groups in total. The summed E-state index contributed by atoms with van der Waals surface area (Å²) < 4.78 is 0. The smallest absolute Gasteiger partial charge is 0.324 e. The largest absolute Gasteiger partial charge is 0.335 e. The van der Waals surface area contributed by atoms with Crippen molar-refractivity contribution in [3.8, 4) is 0 Å². The number of carbonyl (C=O) groups excluding carboxylic acids is 2. The number of carbonyl (C=O) groups is 2. The van der Waals surface area contributed by atoms with Gasteiger partial charge in [0.25, 0.3) is 5.91 Å². The molecule has 1 aromatic carbocycles. The molecule has 0 spiro atoms. The molecule has 1 saturated carbocycles. The van der Waals surface area contributed by atoms with Crippen LogP contribution in [0.1, 0.15) is 42.8 Å². The Morgan fingerprint density at radius 2 is 1.85 bits per heavy atom. The van der Waals surface area contributed by atoms with Crippen LogP contribution >= 0.6 is 11.3 Å². The number of nitrogens with one attached hydrogen (secondary N) is 2. The van der Waals surface area contributed by atoms with E-state index in [4.69, 9.17) is 0 Å². The van der Waals surface area contributed by atoms with Gasteiger partial charge < -0.3 is 10.2 Å². The minimum absolute atomic E-state index is 0.0784. The summed E-state index contributed by atoms with van der Waals surface area (Å²) in [6.07, 6.45) is 3.21. The SMILES string of the molecule is CC(C)CCN(C(=O)c1ccc(NC(=O)Nc2ccccc2)s1)C1CC1. The Morgan fingerprint density at radius 3 is 2.50 bits per heavy atom. The molecule has 2 aromatic rings. The molecule has 3 amide bonds. The second kappa shape index (κ2) is 8.36. The molecule has 5 nitrogen and oxygen atoms in total. The second-order valence-corrected chi connectivity index (χ2v) is 8.11. The van der Waals surface area contributed by atoms with Crippen molar-refractivity contribution >= 4 is 34.0 Å². The summed E-state index contributed by atoms with van der Waals surface area (Å²) in [7, 11) is 0. The van der Waals surface area contributed by atoms with Crippen molar-refractivity contribution in [2.24, 2.45) is 5.92 Å². The van der Waals surface area contributed by atoms with E-state index in [2.05, 4.69) is 24.5 Å². The van der Waals surface area contributed by atoms with Gasteiger partial charge in [0, 0.05) is 18.3 Å². The molecule has 0 radical (unpaired) electrons. The Morgan fingerprint density at radius 1 is 1.12 bits per heavy atom. The van der Waals surface area contributed by atoms with Crippen LogP contribution in [0.2, 0.25) is 0 Å². The number of benzene rings is 1. The van der Waals surface area contributed by atoms with Crippen LogP contribution in [0.5, 0.6) is 0 Å². The van der Waals surface area contributed by atoms with E-state index in [-0.39, 0.29) is 11.9 Å². The summed E-state index contributed by atoms with van der Waals surface area (Å²) in [5.41, 5.74) is 0.728. The van der Waals surface area contributed by atoms with Crippen LogP contribution in [0.4, 0.5) is 15.5 Å². The van der Waals surface area contributed by atoms with Gasteiger partial charge in [-0.3, -0.25) is 10.1 Å². The van der Waals surface area contributed by atoms with E-state index in [1.165, 1.54) is 11.3 Å². The first-order valence-corrected chi connectivity index (χ1v) is 9.88. The van der Waals surface area contributed by atoms with E-state index in [9.17, 15) is 9.59 Å². The minimum atomic E-state index is -0.309. The Labute approximate surface area is 158 Å². The highest BCUT2D eigenvalue weighted by atomic mass is 32.1. The molecule has 3 rings (SSSR count). The van der Waals surface area contributed by atoms with E-state index in [0.717, 1.165) is 31.5 Å². The maximum Gasteiger partial charge on any atom is 0.324 e. The second-order valence-electron chi connectivity index (χ2n) is 7.02. The Hall–Kier alpha value is -2.34. The zero-order chi connectivity index (χ0) is 18.5. The van der Waals surface area contributed by atoms with E-state index in [1.807, 2.05) is 35.2 Å². The summed E-state index contributed by atoms with van der Waals surface area (Å²) in [4.78, 5) is 27.6. The van der Waals surface area contributed by atoms with E-state index in [1.54, 1.807) is 12.1 Å². The average molecular weight is 372 g/mol. The minimum Gasteiger partial charge on any atom is -0.335 e. The molecule has 1 aliphatic rings. The molecule has 0 saturated heterocycles. The van der Waals surface area contributed by atoms with Crippen LogP contribution in [0.3, 0.4) is 0 Å². The van der Waals surface area contributed by atoms with Gasteiger partial charge in [0.15, 0.2) is 0 Å². The Balaban J connectivity index is 1.59. The van der Waals surface area contributed by atoms with Gasteiger partial charge in [0.1, 0.15) is 0 Å². The van der Waals surface area contributed by atoms with E-state index in [0.29, 0.717) is 21.8 Å². The number of rotatable bonds is 7. The lowest BCUT2D eigenvalue weighted by Gasteiger charge is -2.22. The first-order chi connectivity index (χ1) is 12.5. The molecule has 26 heavy (non-hydrogen) atoms. The van der Waals surface area contributed by atoms with Gasteiger partial charge in [0.05, 0.1) is 9.88 Å². The topological polar surface area (TPSA) is 61.4 Å². The zero-order valence-corrected chi connectivity index (χ0v) is 16.0. The van der Waals surface area contributed by atoms with Gasteiger partial charge in [-0.1, -0.05) is 32.0 Å². The summed E-state index contributed by atoms with van der Waals surface area (Å²) in [5, 5.41) is 6.24. The van der Waals surface area contributed by atoms with Crippen LogP contribution in [-0.2, 0) is 0 Å². The third-order valence-corrected chi connectivity index (χ3v) is 5.27. The standard InChI is InChI=1S/C20H25N3O2S/c1-14(2)12-13-23(16-8-9-16)19(24)17-10-11-18(26-17)22-20(25)21-15-6-4-3-5-7-15/h3-7,10-11,14,16H,8-9,12-13H2,1-2H3,(H2,21,22,25). The summed E-state index contributed by atoms with van der Waals surface area (Å²) in [6, 6.07) is 12.9. The fraction of sp³-hybridized carbons (Fsp3) is 0.400. The molecule has 1 fully saturated rings. The van der Waals surface area contributed by atoms with Gasteiger partial charge >= 0.3 is 6.03 Å². The van der Waals surface area contributed by atoms with Crippen molar-refractivity contribution in [2.45, 2.75) is 39.2 Å². The van der Waals surface area contributed by atoms with Crippen LogP contribution < -0.4 is 10.6 Å². The Kier molecular flexibility index (Phi) is 5.93. The number of nitrogens with zero attached hydrogens (tertiary/aromatic N) is 1. The fourth-order valence-corrected chi connectivity index (χ4v) is 3.55. The average Bonchev–Trinajstić information content (AvgIpc) is 3.34. The van der Waals surface area contributed by atoms with Gasteiger partial charge in [-0.05, 0) is 49.4 Å². The lowest BCUT2D eigenvalue weighted by molar-refractivity contribution is 0.0740. The molecule has 1 heterocycles. The van der Waals surface area contributed by atoms with Crippen molar-refractivity contribution in [2.75, 3.05) is 17.2 Å². The molecule has 138 valence electrons. The number of para-hydroxylation sites is 1. The predicted octanol–water partition coefficient (Wildman–Crippen LogP) is 5.04. The number of thiophene rings is 1. The van der Waals surface area contributed by atoms with Gasteiger partial charge in [-0.25, -0.2) is 4.79 Å². The van der Waals surface area contributed by atoms with Gasteiger partial charge in [-0.15, -0.1) is 11.3 Å². The third-order valence-electron chi connectivity index (χ3n) is 4.28. The first kappa shape index (κ1) is 18.5. The quantitative estimate of drug-likeness (QED) is 0.716. The molecule has 0 unspecified atom stereocenters. The molecule has 0 atom stereocenters. The number of urea groups is 1. The van der Waals surface area contributed by atoms with Gasteiger partial charge in [-0.2, -0.15) is 0 Å². The van der Waals surface area contributed by atoms with Crippen LogP contribution in [0.15, 0.2) is 42.5 Å². The Bertz CT molecular complexity index is 753. The van der Waals surface area contributed by atoms with E-state index < -0.39 is 0 Å². The molecule has 1 aromatic heterocycles. The normalized spacial score (nSPS) is 13.5. The van der Waals surface area contributed by atoms with Crippen molar-refractivity contribution in [3.05, 3.63) is 47.3 Å². The van der Waals surface area contributed by atoms with Crippen molar-refractivity contribution in [3.63, 3.8) is 0 Å². The highest BCUT2D eigenvalue weighted by molar-refractivity contribution is 7.18. The molecule has 1 aliphatic carbocycles. The number of hydrogen-bond donors (Lipinski definition) is 2. The predicted molar refractivity (Wildman–Crippen MR) is 107 cm³/mol. The van der Waals surface area contributed by atoms with E-state index >= 15 is 0 Å². The number of amides is 3. The lowest BCUT2D eigenvalue weighted by Crippen LogP contribution is -2.34. The van der Waals surface area contributed by atoms with Gasteiger partial charge in [0.2, 0.25) is 0 Å². The highest BCUT2D eigenvalue weighted by Gasteiger charge is 2.33. The zero-order valence-electron chi connectivity index (χ0n) is 15.2. The molecule has 0 bridgehead atoms. The fourth-order valence-electron chi connectivity index (χ4n) is 2.69. The maximum absolute atomic E-state index is 12.8. The number of anilines is 2. The van der Waals surface area contributed by atoms with Crippen molar-refractivity contribution < 1.29 is 9.59 Å². The highest BCUT2D eigenvalue weighted by Crippen LogP contribution is 2.31.